The summed E-state index contributed by atoms with van der Waals surface area (Å²) in [7, 11) is 3.35. The lowest BCUT2D eigenvalue weighted by molar-refractivity contribution is -0.390. The van der Waals surface area contributed by atoms with Gasteiger partial charge in [0.25, 0.3) is 5.91 Å². The molecule has 0 fully saturated rings. The Kier molecular flexibility index (Phi) is 5.96. The van der Waals surface area contributed by atoms with Crippen molar-refractivity contribution < 1.29 is 14.5 Å². The first-order chi connectivity index (χ1) is 14.2. The third kappa shape index (κ3) is 4.37. The molecule has 0 atom stereocenters. The molecule has 2 N–H and O–H groups in total. The fourth-order valence-corrected chi connectivity index (χ4v) is 3.16. The SMILES string of the molecule is Cc1c(Br)c([N+](=O)[O-])nn1CC(=O)Nc1cnn(C)c1C(=O)NCc1cnn(C)c1. The first kappa shape index (κ1) is 21.2. The van der Waals surface area contributed by atoms with Crippen molar-refractivity contribution in [3.8, 4) is 0 Å². The van der Waals surface area contributed by atoms with E-state index in [9.17, 15) is 19.7 Å². The van der Waals surface area contributed by atoms with E-state index >= 15 is 0 Å². The molecule has 0 radical (unpaired) electrons. The second-order valence-corrected chi connectivity index (χ2v) is 7.21. The predicted octanol–water partition coefficient (Wildman–Crippen LogP) is 0.898. The minimum atomic E-state index is -0.642. The van der Waals surface area contributed by atoms with Crippen molar-refractivity contribution in [1.82, 2.24) is 34.7 Å². The highest BCUT2D eigenvalue weighted by Gasteiger charge is 2.25. The van der Waals surface area contributed by atoms with Gasteiger partial charge in [-0.05, 0) is 27.8 Å². The highest BCUT2D eigenvalue weighted by atomic mass is 79.9. The Morgan fingerprint density at radius 1 is 1.27 bits per heavy atom. The van der Waals surface area contributed by atoms with Crippen LogP contribution in [0.3, 0.4) is 0 Å². The summed E-state index contributed by atoms with van der Waals surface area (Å²) in [5, 5.41) is 28.2. The highest BCUT2D eigenvalue weighted by molar-refractivity contribution is 9.10. The molecule has 14 heteroatoms. The molecule has 0 aliphatic carbocycles. The van der Waals surface area contributed by atoms with Gasteiger partial charge in [0.2, 0.25) is 5.91 Å². The van der Waals surface area contributed by atoms with E-state index in [0.29, 0.717) is 5.69 Å². The van der Waals surface area contributed by atoms with Crippen molar-refractivity contribution in [2.75, 3.05) is 5.32 Å². The molecule has 0 aromatic carbocycles. The average molecular weight is 480 g/mol. The van der Waals surface area contributed by atoms with Crippen LogP contribution in [-0.4, -0.2) is 46.1 Å². The summed E-state index contributed by atoms with van der Waals surface area (Å²) in [6, 6.07) is 0. The number of carbonyl (C=O) groups is 2. The number of rotatable bonds is 7. The van der Waals surface area contributed by atoms with Gasteiger partial charge < -0.3 is 20.7 Å². The molecule has 2 amide bonds. The number of nitrogens with one attached hydrogen (secondary N) is 2. The fraction of sp³-hybridized carbons (Fsp3) is 0.312. The summed E-state index contributed by atoms with van der Waals surface area (Å²) in [4.78, 5) is 35.4. The molecule has 0 aliphatic rings. The van der Waals surface area contributed by atoms with Crippen molar-refractivity contribution in [2.24, 2.45) is 14.1 Å². The van der Waals surface area contributed by atoms with Gasteiger partial charge in [-0.2, -0.15) is 14.9 Å². The molecule has 0 spiro atoms. The van der Waals surface area contributed by atoms with E-state index in [2.05, 4.69) is 41.9 Å². The van der Waals surface area contributed by atoms with Crippen molar-refractivity contribution in [1.29, 1.82) is 0 Å². The normalized spacial score (nSPS) is 10.8. The van der Waals surface area contributed by atoms with Crippen LogP contribution in [0.2, 0.25) is 0 Å². The Labute approximate surface area is 178 Å². The van der Waals surface area contributed by atoms with Gasteiger partial charge in [-0.15, -0.1) is 0 Å². The van der Waals surface area contributed by atoms with Crippen LogP contribution in [0.1, 0.15) is 21.7 Å². The number of nitro groups is 1. The average Bonchev–Trinajstić information content (AvgIpc) is 3.34. The van der Waals surface area contributed by atoms with E-state index in [4.69, 9.17) is 0 Å². The monoisotopic (exact) mass is 479 g/mol. The van der Waals surface area contributed by atoms with Crippen LogP contribution >= 0.6 is 15.9 Å². The third-order valence-electron chi connectivity index (χ3n) is 4.22. The summed E-state index contributed by atoms with van der Waals surface area (Å²) in [6.45, 7) is 1.58. The summed E-state index contributed by atoms with van der Waals surface area (Å²) in [5.74, 6) is -1.32. The predicted molar refractivity (Wildman–Crippen MR) is 108 cm³/mol. The van der Waals surface area contributed by atoms with E-state index in [1.54, 1.807) is 38.1 Å². The maximum Gasteiger partial charge on any atom is 0.404 e. The minimum Gasteiger partial charge on any atom is -0.358 e. The highest BCUT2D eigenvalue weighted by Crippen LogP contribution is 2.27. The molecule has 158 valence electrons. The van der Waals surface area contributed by atoms with Crippen LogP contribution in [-0.2, 0) is 32.0 Å². The van der Waals surface area contributed by atoms with Crippen molar-refractivity contribution in [3.05, 3.63) is 50.1 Å². The van der Waals surface area contributed by atoms with Crippen LogP contribution in [0.15, 0.2) is 23.1 Å². The largest absolute Gasteiger partial charge is 0.404 e. The van der Waals surface area contributed by atoms with Gasteiger partial charge in [0.15, 0.2) is 0 Å². The number of hydrogen-bond donors (Lipinski definition) is 2. The van der Waals surface area contributed by atoms with Gasteiger partial charge in [-0.1, -0.05) is 0 Å². The first-order valence-electron chi connectivity index (χ1n) is 8.62. The number of hydrogen-bond acceptors (Lipinski definition) is 7. The van der Waals surface area contributed by atoms with E-state index in [1.807, 2.05) is 0 Å². The summed E-state index contributed by atoms with van der Waals surface area (Å²) in [6.07, 6.45) is 4.76. The molecule has 0 aliphatic heterocycles. The second kappa shape index (κ2) is 8.44. The van der Waals surface area contributed by atoms with E-state index in [0.717, 1.165) is 5.56 Å². The molecule has 0 unspecified atom stereocenters. The molecule has 30 heavy (non-hydrogen) atoms. The second-order valence-electron chi connectivity index (χ2n) is 6.42. The van der Waals surface area contributed by atoms with Crippen molar-refractivity contribution in [3.63, 3.8) is 0 Å². The molecule has 3 heterocycles. The minimum absolute atomic E-state index is 0.164. The molecular formula is C16H18BrN9O4. The number of anilines is 1. The van der Waals surface area contributed by atoms with E-state index < -0.39 is 16.7 Å². The molecule has 3 rings (SSSR count). The van der Waals surface area contributed by atoms with Gasteiger partial charge in [0.05, 0.1) is 28.9 Å². The zero-order valence-corrected chi connectivity index (χ0v) is 17.9. The van der Waals surface area contributed by atoms with Gasteiger partial charge in [-0.3, -0.25) is 19.0 Å². The summed E-state index contributed by atoms with van der Waals surface area (Å²) >= 11 is 3.10. The molecule has 3 aromatic heterocycles. The van der Waals surface area contributed by atoms with Crippen molar-refractivity contribution in [2.45, 2.75) is 20.0 Å². The summed E-state index contributed by atoms with van der Waals surface area (Å²) < 4.78 is 4.37. The lowest BCUT2D eigenvalue weighted by atomic mass is 10.3. The zero-order valence-electron chi connectivity index (χ0n) is 16.3. The number of amides is 2. The van der Waals surface area contributed by atoms with Crippen LogP contribution in [0.4, 0.5) is 11.5 Å². The smallest absolute Gasteiger partial charge is 0.358 e. The Morgan fingerprint density at radius 2 is 2.00 bits per heavy atom. The molecule has 0 bridgehead atoms. The maximum absolute atomic E-state index is 12.6. The first-order valence-corrected chi connectivity index (χ1v) is 9.41. The Balaban J connectivity index is 1.70. The number of nitrogens with zero attached hydrogens (tertiary/aromatic N) is 7. The van der Waals surface area contributed by atoms with Gasteiger partial charge >= 0.3 is 5.82 Å². The third-order valence-corrected chi connectivity index (χ3v) is 5.15. The van der Waals surface area contributed by atoms with Gasteiger partial charge in [0, 0.05) is 32.4 Å². The number of aromatic nitrogens is 6. The van der Waals surface area contributed by atoms with Crippen LogP contribution in [0.25, 0.3) is 0 Å². The van der Waals surface area contributed by atoms with Crippen molar-refractivity contribution >= 4 is 39.2 Å². The number of aryl methyl sites for hydroxylation is 2. The Bertz CT molecular complexity index is 1130. The Hall–Kier alpha value is -3.55. The van der Waals surface area contributed by atoms with Gasteiger partial charge in [-0.25, -0.2) is 0 Å². The molecule has 13 nitrogen and oxygen atoms in total. The topological polar surface area (TPSA) is 155 Å². The number of carbonyl (C=O) groups excluding carboxylic acids is 2. The number of halogens is 1. The Morgan fingerprint density at radius 3 is 2.60 bits per heavy atom. The maximum atomic E-state index is 12.6. The molecule has 0 saturated heterocycles. The van der Waals surface area contributed by atoms with Crippen LogP contribution in [0.5, 0.6) is 0 Å². The lowest BCUT2D eigenvalue weighted by Crippen LogP contribution is -2.27. The van der Waals surface area contributed by atoms with Crippen LogP contribution < -0.4 is 10.6 Å². The molecular weight excluding hydrogens is 462 g/mol. The van der Waals surface area contributed by atoms with Crippen LogP contribution in [0, 0.1) is 17.0 Å². The standard InChI is InChI=1S/C16H18BrN9O4/c1-9-13(17)15(26(29)30)22-25(9)8-12(27)21-11-6-20-24(3)14(11)16(28)18-4-10-5-19-23(2)7-10/h5-7H,4,8H2,1-3H3,(H,18,28)(H,21,27). The van der Waals surface area contributed by atoms with E-state index in [1.165, 1.54) is 15.6 Å². The quantitative estimate of drug-likeness (QED) is 0.376. The summed E-state index contributed by atoms with van der Waals surface area (Å²) in [5.41, 5.74) is 1.62. The van der Waals surface area contributed by atoms with E-state index in [-0.39, 0.29) is 34.8 Å². The molecule has 0 saturated carbocycles. The lowest BCUT2D eigenvalue weighted by Gasteiger charge is -2.08. The zero-order chi connectivity index (χ0) is 22.0. The van der Waals surface area contributed by atoms with Gasteiger partial charge in [0.1, 0.15) is 16.7 Å². The fourth-order valence-electron chi connectivity index (χ4n) is 2.73. The molecule has 3 aromatic rings.